The van der Waals surface area contributed by atoms with Crippen LogP contribution in [0.2, 0.25) is 0 Å². The zero-order valence-corrected chi connectivity index (χ0v) is 10.1. The minimum Gasteiger partial charge on any atom is -0.367 e. The molecule has 0 N–H and O–H groups in total. The van der Waals surface area contributed by atoms with E-state index < -0.39 is 0 Å². The number of aryl methyl sites for hydroxylation is 1. The van der Waals surface area contributed by atoms with E-state index in [0.29, 0.717) is 6.04 Å². The number of fused-ring (bicyclic) bond motifs is 1. The van der Waals surface area contributed by atoms with Gasteiger partial charge in [0.15, 0.2) is 0 Å². The van der Waals surface area contributed by atoms with Crippen molar-refractivity contribution >= 4 is 5.69 Å². The average molecular weight is 226 g/mol. The van der Waals surface area contributed by atoms with Gasteiger partial charge in [0, 0.05) is 18.3 Å². The first-order valence-electron chi connectivity index (χ1n) is 6.64. The van der Waals surface area contributed by atoms with Gasteiger partial charge in [-0.25, -0.2) is 0 Å². The van der Waals surface area contributed by atoms with Crippen molar-refractivity contribution in [3.63, 3.8) is 0 Å². The molecule has 88 valence electrons. The van der Waals surface area contributed by atoms with E-state index >= 15 is 0 Å². The Hall–Kier alpha value is -1.49. The summed E-state index contributed by atoms with van der Waals surface area (Å²) >= 11 is 0. The molecule has 0 radical (unpaired) electrons. The molecule has 1 saturated carbocycles. The summed E-state index contributed by atoms with van der Waals surface area (Å²) < 4.78 is 0. The van der Waals surface area contributed by atoms with Crippen molar-refractivity contribution in [2.75, 3.05) is 11.4 Å². The van der Waals surface area contributed by atoms with E-state index in [4.69, 9.17) is 0 Å². The highest BCUT2D eigenvalue weighted by Crippen LogP contribution is 2.36. The van der Waals surface area contributed by atoms with Gasteiger partial charge in [-0.1, -0.05) is 18.2 Å². The van der Waals surface area contributed by atoms with E-state index in [0.717, 1.165) is 13.0 Å². The lowest BCUT2D eigenvalue weighted by Gasteiger charge is -2.37. The Morgan fingerprint density at radius 3 is 2.94 bits per heavy atom. The van der Waals surface area contributed by atoms with Crippen LogP contribution in [0.15, 0.2) is 24.3 Å². The molecule has 1 heterocycles. The molecule has 0 saturated heterocycles. The third kappa shape index (κ3) is 1.80. The molecule has 0 aromatic heterocycles. The summed E-state index contributed by atoms with van der Waals surface area (Å²) in [5.41, 5.74) is 2.84. The van der Waals surface area contributed by atoms with Gasteiger partial charge in [0.1, 0.15) is 0 Å². The lowest BCUT2D eigenvalue weighted by Crippen LogP contribution is -2.40. The fraction of sp³-hybridized carbons (Fsp3) is 0.533. The highest BCUT2D eigenvalue weighted by Gasteiger charge is 2.33. The Bertz CT molecular complexity index is 446. The van der Waals surface area contributed by atoms with E-state index in [1.807, 2.05) is 0 Å². The quantitative estimate of drug-likeness (QED) is 0.735. The molecule has 1 fully saturated rings. The van der Waals surface area contributed by atoms with Crippen LogP contribution in [-0.4, -0.2) is 12.6 Å². The first-order valence-corrected chi connectivity index (χ1v) is 6.64. The van der Waals surface area contributed by atoms with Gasteiger partial charge in [-0.05, 0) is 43.7 Å². The molecule has 0 spiro atoms. The van der Waals surface area contributed by atoms with E-state index in [1.165, 1.54) is 36.9 Å². The van der Waals surface area contributed by atoms with Crippen LogP contribution in [-0.2, 0) is 6.42 Å². The zero-order chi connectivity index (χ0) is 11.7. The molecular formula is C15H18N2. The van der Waals surface area contributed by atoms with Gasteiger partial charge in [0.05, 0.1) is 12.0 Å². The van der Waals surface area contributed by atoms with Gasteiger partial charge in [-0.2, -0.15) is 5.26 Å². The van der Waals surface area contributed by atoms with Crippen molar-refractivity contribution in [1.82, 2.24) is 0 Å². The lowest BCUT2D eigenvalue weighted by molar-refractivity contribution is 0.513. The van der Waals surface area contributed by atoms with E-state index in [2.05, 4.69) is 35.2 Å². The number of rotatable bonds is 1. The minimum absolute atomic E-state index is 0.237. The summed E-state index contributed by atoms with van der Waals surface area (Å²) in [6.07, 6.45) is 5.90. The first-order chi connectivity index (χ1) is 8.40. The van der Waals surface area contributed by atoms with Crippen LogP contribution in [0.4, 0.5) is 5.69 Å². The molecule has 1 aliphatic heterocycles. The number of nitriles is 1. The maximum Gasteiger partial charge on any atom is 0.0677 e. The summed E-state index contributed by atoms with van der Waals surface area (Å²) in [4.78, 5) is 2.50. The SMILES string of the molecule is N#CC1CCCC1N1CCCc2ccccc21. The van der Waals surface area contributed by atoms with Crippen LogP contribution in [0.25, 0.3) is 0 Å². The topological polar surface area (TPSA) is 27.0 Å². The second-order valence-electron chi connectivity index (χ2n) is 5.16. The molecule has 17 heavy (non-hydrogen) atoms. The predicted octanol–water partition coefficient (Wildman–Crippen LogP) is 3.13. The van der Waals surface area contributed by atoms with Crippen molar-refractivity contribution in [2.24, 2.45) is 5.92 Å². The molecule has 3 rings (SSSR count). The van der Waals surface area contributed by atoms with Gasteiger partial charge in [0.2, 0.25) is 0 Å². The zero-order valence-electron chi connectivity index (χ0n) is 10.1. The van der Waals surface area contributed by atoms with Gasteiger partial charge >= 0.3 is 0 Å². The second-order valence-corrected chi connectivity index (χ2v) is 5.16. The third-order valence-corrected chi connectivity index (χ3v) is 4.19. The van der Waals surface area contributed by atoms with Crippen LogP contribution in [0.1, 0.15) is 31.2 Å². The predicted molar refractivity (Wildman–Crippen MR) is 68.9 cm³/mol. The van der Waals surface area contributed by atoms with Crippen LogP contribution in [0, 0.1) is 17.2 Å². The third-order valence-electron chi connectivity index (χ3n) is 4.19. The molecule has 2 heteroatoms. The molecule has 1 aromatic carbocycles. The number of benzene rings is 1. The molecule has 0 amide bonds. The Labute approximate surface area is 103 Å². The molecule has 2 unspecified atom stereocenters. The van der Waals surface area contributed by atoms with Crippen molar-refractivity contribution in [1.29, 1.82) is 5.26 Å². The highest BCUT2D eigenvalue weighted by atomic mass is 15.2. The van der Waals surface area contributed by atoms with E-state index in [-0.39, 0.29) is 5.92 Å². The Balaban J connectivity index is 1.93. The largest absolute Gasteiger partial charge is 0.367 e. The maximum absolute atomic E-state index is 9.24. The second kappa shape index (κ2) is 4.41. The number of hydrogen-bond donors (Lipinski definition) is 0. The number of nitrogens with zero attached hydrogens (tertiary/aromatic N) is 2. The number of hydrogen-bond acceptors (Lipinski definition) is 2. The molecule has 1 aromatic rings. The number of para-hydroxylation sites is 1. The average Bonchev–Trinajstić information content (AvgIpc) is 2.86. The Kier molecular flexibility index (Phi) is 2.76. The van der Waals surface area contributed by atoms with Crippen molar-refractivity contribution in [3.05, 3.63) is 29.8 Å². The molecule has 2 atom stereocenters. The standard InChI is InChI=1S/C15H18N2/c16-11-13-6-3-9-15(13)17-10-4-7-12-5-1-2-8-14(12)17/h1-2,5,8,13,15H,3-4,6-7,9-10H2. The van der Waals surface area contributed by atoms with Crippen LogP contribution >= 0.6 is 0 Å². The molecule has 2 aliphatic rings. The first kappa shape index (κ1) is 10.7. The summed E-state index contributed by atoms with van der Waals surface area (Å²) in [6, 6.07) is 11.7. The fourth-order valence-electron chi connectivity index (χ4n) is 3.37. The summed E-state index contributed by atoms with van der Waals surface area (Å²) in [5.74, 6) is 0.237. The van der Waals surface area contributed by atoms with Gasteiger partial charge in [0.25, 0.3) is 0 Å². The van der Waals surface area contributed by atoms with Crippen LogP contribution < -0.4 is 4.90 Å². The van der Waals surface area contributed by atoms with Crippen LogP contribution in [0.5, 0.6) is 0 Å². The van der Waals surface area contributed by atoms with Crippen LogP contribution in [0.3, 0.4) is 0 Å². The molecular weight excluding hydrogens is 208 g/mol. The van der Waals surface area contributed by atoms with E-state index in [1.54, 1.807) is 0 Å². The fourth-order valence-corrected chi connectivity index (χ4v) is 3.37. The van der Waals surface area contributed by atoms with Crippen molar-refractivity contribution < 1.29 is 0 Å². The van der Waals surface area contributed by atoms with E-state index in [9.17, 15) is 5.26 Å². The van der Waals surface area contributed by atoms with Crippen molar-refractivity contribution in [3.8, 4) is 6.07 Å². The number of anilines is 1. The molecule has 0 bridgehead atoms. The Morgan fingerprint density at radius 2 is 2.06 bits per heavy atom. The monoisotopic (exact) mass is 226 g/mol. The summed E-state index contributed by atoms with van der Waals surface area (Å²) in [6.45, 7) is 1.12. The smallest absolute Gasteiger partial charge is 0.0677 e. The normalized spacial score (nSPS) is 27.6. The summed E-state index contributed by atoms with van der Waals surface area (Å²) in [5, 5.41) is 9.24. The molecule has 1 aliphatic carbocycles. The minimum atomic E-state index is 0.237. The van der Waals surface area contributed by atoms with Gasteiger partial charge in [-0.15, -0.1) is 0 Å². The van der Waals surface area contributed by atoms with Crippen molar-refractivity contribution in [2.45, 2.75) is 38.1 Å². The van der Waals surface area contributed by atoms with Gasteiger partial charge in [-0.3, -0.25) is 0 Å². The summed E-state index contributed by atoms with van der Waals surface area (Å²) in [7, 11) is 0. The maximum atomic E-state index is 9.24. The Morgan fingerprint density at radius 1 is 1.18 bits per heavy atom. The van der Waals surface area contributed by atoms with Gasteiger partial charge < -0.3 is 4.90 Å². The lowest BCUT2D eigenvalue weighted by atomic mass is 9.96. The molecule has 2 nitrogen and oxygen atoms in total. The highest BCUT2D eigenvalue weighted by molar-refractivity contribution is 5.56.